The van der Waals surface area contributed by atoms with E-state index in [4.69, 9.17) is 0 Å². The molecule has 0 heterocycles. The Bertz CT molecular complexity index is 385. The van der Waals surface area contributed by atoms with Gasteiger partial charge in [0.15, 0.2) is 0 Å². The highest BCUT2D eigenvalue weighted by atomic mass is 14.9. The van der Waals surface area contributed by atoms with E-state index >= 15 is 0 Å². The van der Waals surface area contributed by atoms with Crippen LogP contribution in [0.1, 0.15) is 36.8 Å². The fraction of sp³-hybridized carbons (Fsp3) is 0.600. The molecular formula is C15H21N. The molecule has 1 heteroatoms. The summed E-state index contributed by atoms with van der Waals surface area (Å²) >= 11 is 0. The van der Waals surface area contributed by atoms with E-state index in [0.717, 1.165) is 23.8 Å². The van der Waals surface area contributed by atoms with E-state index < -0.39 is 0 Å². The molecular weight excluding hydrogens is 194 g/mol. The zero-order chi connectivity index (χ0) is 11.1. The summed E-state index contributed by atoms with van der Waals surface area (Å²) in [6.45, 7) is 2.41. The van der Waals surface area contributed by atoms with Crippen LogP contribution in [0.15, 0.2) is 24.3 Å². The Morgan fingerprint density at radius 2 is 2.06 bits per heavy atom. The second-order valence-corrected chi connectivity index (χ2v) is 5.45. The van der Waals surface area contributed by atoms with Gasteiger partial charge in [0.1, 0.15) is 0 Å². The molecule has 3 rings (SSSR count). The second kappa shape index (κ2) is 3.89. The summed E-state index contributed by atoms with van der Waals surface area (Å²) in [6.07, 6.45) is 4.05. The van der Waals surface area contributed by atoms with Crippen LogP contribution in [0.5, 0.6) is 0 Å². The van der Waals surface area contributed by atoms with E-state index in [1.165, 1.54) is 19.3 Å². The van der Waals surface area contributed by atoms with Crippen molar-refractivity contribution >= 4 is 0 Å². The summed E-state index contributed by atoms with van der Waals surface area (Å²) in [7, 11) is 2.12. The maximum absolute atomic E-state index is 3.51. The molecule has 0 spiro atoms. The third-order valence-corrected chi connectivity index (χ3v) is 4.79. The van der Waals surface area contributed by atoms with Gasteiger partial charge in [0, 0.05) is 6.04 Å². The van der Waals surface area contributed by atoms with Crippen LogP contribution < -0.4 is 5.32 Å². The zero-order valence-corrected chi connectivity index (χ0v) is 10.2. The Hall–Kier alpha value is -0.820. The molecule has 1 aromatic rings. The highest BCUT2D eigenvalue weighted by Gasteiger charge is 2.48. The normalized spacial score (nSPS) is 36.9. The van der Waals surface area contributed by atoms with Gasteiger partial charge in [-0.05, 0) is 55.2 Å². The SMILES string of the molecule is CNC1C(C)C2c3ccccc3CCCC12. The lowest BCUT2D eigenvalue weighted by Gasteiger charge is -2.51. The van der Waals surface area contributed by atoms with Gasteiger partial charge in [-0.2, -0.15) is 0 Å². The van der Waals surface area contributed by atoms with Crippen molar-refractivity contribution in [2.75, 3.05) is 7.05 Å². The van der Waals surface area contributed by atoms with Crippen LogP contribution in [0, 0.1) is 11.8 Å². The van der Waals surface area contributed by atoms with Gasteiger partial charge < -0.3 is 5.32 Å². The van der Waals surface area contributed by atoms with Crippen molar-refractivity contribution in [2.24, 2.45) is 11.8 Å². The quantitative estimate of drug-likeness (QED) is 0.759. The van der Waals surface area contributed by atoms with Crippen molar-refractivity contribution in [3.05, 3.63) is 35.4 Å². The van der Waals surface area contributed by atoms with Crippen molar-refractivity contribution in [2.45, 2.75) is 38.1 Å². The lowest BCUT2D eigenvalue weighted by Crippen LogP contribution is -2.54. The number of rotatable bonds is 1. The van der Waals surface area contributed by atoms with Crippen LogP contribution in [0.2, 0.25) is 0 Å². The summed E-state index contributed by atoms with van der Waals surface area (Å²) in [4.78, 5) is 0. The van der Waals surface area contributed by atoms with Crippen LogP contribution in [-0.4, -0.2) is 13.1 Å². The molecule has 86 valence electrons. The Morgan fingerprint density at radius 3 is 2.88 bits per heavy atom. The minimum Gasteiger partial charge on any atom is -0.316 e. The molecule has 0 bridgehead atoms. The highest BCUT2D eigenvalue weighted by Crippen LogP contribution is 2.52. The summed E-state index contributed by atoms with van der Waals surface area (Å²) in [5, 5.41) is 3.51. The van der Waals surface area contributed by atoms with Gasteiger partial charge in [-0.3, -0.25) is 0 Å². The summed E-state index contributed by atoms with van der Waals surface area (Å²) < 4.78 is 0. The average molecular weight is 215 g/mol. The summed E-state index contributed by atoms with van der Waals surface area (Å²) in [5.74, 6) is 2.49. The topological polar surface area (TPSA) is 12.0 Å². The lowest BCUT2D eigenvalue weighted by atomic mass is 9.58. The second-order valence-electron chi connectivity index (χ2n) is 5.45. The third kappa shape index (κ3) is 1.34. The van der Waals surface area contributed by atoms with Gasteiger partial charge in [-0.15, -0.1) is 0 Å². The minimum absolute atomic E-state index is 0.746. The number of hydrogen-bond donors (Lipinski definition) is 1. The number of nitrogens with one attached hydrogen (secondary N) is 1. The molecule has 1 aromatic carbocycles. The molecule has 2 aliphatic rings. The van der Waals surface area contributed by atoms with Crippen LogP contribution >= 0.6 is 0 Å². The number of fused-ring (bicyclic) bond motifs is 3. The van der Waals surface area contributed by atoms with Gasteiger partial charge in [0.05, 0.1) is 0 Å². The predicted molar refractivity (Wildman–Crippen MR) is 67.6 cm³/mol. The first-order valence-electron chi connectivity index (χ1n) is 6.58. The number of benzene rings is 1. The Kier molecular flexibility index (Phi) is 2.51. The molecule has 4 unspecified atom stereocenters. The molecule has 0 amide bonds. The van der Waals surface area contributed by atoms with Gasteiger partial charge in [-0.1, -0.05) is 31.2 Å². The highest BCUT2D eigenvalue weighted by molar-refractivity contribution is 5.36. The Morgan fingerprint density at radius 1 is 1.25 bits per heavy atom. The van der Waals surface area contributed by atoms with Crippen molar-refractivity contribution in [1.82, 2.24) is 5.32 Å². The molecule has 1 N–H and O–H groups in total. The standard InChI is InChI=1S/C15H21N/c1-10-14-12-8-4-3-6-11(12)7-5-9-13(14)15(10)16-2/h3-4,6,8,10,13-16H,5,7,9H2,1-2H3. The minimum atomic E-state index is 0.746. The third-order valence-electron chi connectivity index (χ3n) is 4.79. The first-order chi connectivity index (χ1) is 7.83. The fourth-order valence-electron chi connectivity index (χ4n) is 4.05. The predicted octanol–water partition coefficient (Wildman–Crippen LogP) is 2.96. The summed E-state index contributed by atoms with van der Waals surface area (Å²) in [5.41, 5.74) is 3.25. The maximum atomic E-state index is 3.51. The van der Waals surface area contributed by atoms with Crippen LogP contribution in [-0.2, 0) is 6.42 Å². The van der Waals surface area contributed by atoms with E-state index in [2.05, 4.69) is 43.6 Å². The average Bonchev–Trinajstić information content (AvgIpc) is 2.46. The lowest BCUT2D eigenvalue weighted by molar-refractivity contribution is 0.0826. The maximum Gasteiger partial charge on any atom is 0.0130 e. The molecule has 16 heavy (non-hydrogen) atoms. The van der Waals surface area contributed by atoms with Crippen molar-refractivity contribution < 1.29 is 0 Å². The molecule has 0 aliphatic heterocycles. The van der Waals surface area contributed by atoms with E-state index in [9.17, 15) is 0 Å². The molecule has 2 aliphatic carbocycles. The molecule has 0 saturated heterocycles. The number of aryl methyl sites for hydroxylation is 1. The first kappa shape index (κ1) is 10.3. The van der Waals surface area contributed by atoms with Crippen molar-refractivity contribution in [1.29, 1.82) is 0 Å². The number of hydrogen-bond acceptors (Lipinski definition) is 1. The van der Waals surface area contributed by atoms with Gasteiger partial charge >= 0.3 is 0 Å². The van der Waals surface area contributed by atoms with Gasteiger partial charge in [0.25, 0.3) is 0 Å². The molecule has 0 radical (unpaired) electrons. The van der Waals surface area contributed by atoms with Crippen LogP contribution in [0.3, 0.4) is 0 Å². The van der Waals surface area contributed by atoms with Gasteiger partial charge in [0.2, 0.25) is 0 Å². The Labute approximate surface area is 98.3 Å². The van der Waals surface area contributed by atoms with E-state index in [1.807, 2.05) is 0 Å². The molecule has 4 atom stereocenters. The summed E-state index contributed by atoms with van der Waals surface area (Å²) in [6, 6.07) is 9.84. The molecule has 1 saturated carbocycles. The van der Waals surface area contributed by atoms with Crippen LogP contribution in [0.25, 0.3) is 0 Å². The first-order valence-corrected chi connectivity index (χ1v) is 6.58. The monoisotopic (exact) mass is 215 g/mol. The van der Waals surface area contributed by atoms with E-state index in [-0.39, 0.29) is 0 Å². The van der Waals surface area contributed by atoms with E-state index in [0.29, 0.717) is 0 Å². The Balaban J connectivity index is 1.97. The van der Waals surface area contributed by atoms with E-state index in [1.54, 1.807) is 11.1 Å². The van der Waals surface area contributed by atoms with Crippen LogP contribution in [0.4, 0.5) is 0 Å². The van der Waals surface area contributed by atoms with Crippen molar-refractivity contribution in [3.8, 4) is 0 Å². The molecule has 1 fully saturated rings. The smallest absolute Gasteiger partial charge is 0.0130 e. The molecule has 0 aromatic heterocycles. The van der Waals surface area contributed by atoms with Crippen molar-refractivity contribution in [3.63, 3.8) is 0 Å². The largest absolute Gasteiger partial charge is 0.316 e. The fourth-order valence-corrected chi connectivity index (χ4v) is 4.05. The molecule has 1 nitrogen and oxygen atoms in total. The van der Waals surface area contributed by atoms with Gasteiger partial charge in [-0.25, -0.2) is 0 Å². The zero-order valence-electron chi connectivity index (χ0n) is 10.2.